The van der Waals surface area contributed by atoms with Gasteiger partial charge in [0, 0.05) is 30.4 Å². The lowest BCUT2D eigenvalue weighted by atomic mass is 10.1. The summed E-state index contributed by atoms with van der Waals surface area (Å²) >= 11 is 0. The van der Waals surface area contributed by atoms with Crippen LogP contribution < -0.4 is 0 Å². The number of aryl methyl sites for hydroxylation is 2. The maximum atomic E-state index is 13.1. The number of oxazole rings is 1. The van der Waals surface area contributed by atoms with E-state index in [9.17, 15) is 4.79 Å². The Morgan fingerprint density at radius 3 is 2.30 bits per heavy atom. The molecule has 0 aliphatic heterocycles. The highest BCUT2D eigenvalue weighted by Crippen LogP contribution is 2.24. The lowest BCUT2D eigenvalue weighted by Gasteiger charge is -2.16. The number of aromatic nitrogens is 3. The summed E-state index contributed by atoms with van der Waals surface area (Å²) in [7, 11) is 1.78. The monoisotopic (exact) mass is 400 g/mol. The van der Waals surface area contributed by atoms with Crippen molar-refractivity contribution >= 4 is 5.91 Å². The average Bonchev–Trinajstić information content (AvgIpc) is 3.29. The fourth-order valence-electron chi connectivity index (χ4n) is 3.51. The Hall–Kier alpha value is -3.67. The van der Waals surface area contributed by atoms with Crippen molar-refractivity contribution in [2.75, 3.05) is 7.05 Å². The zero-order valence-electron chi connectivity index (χ0n) is 17.6. The van der Waals surface area contributed by atoms with Crippen molar-refractivity contribution in [1.82, 2.24) is 19.7 Å². The van der Waals surface area contributed by atoms with Crippen LogP contribution in [0.4, 0.5) is 0 Å². The van der Waals surface area contributed by atoms with Crippen molar-refractivity contribution in [1.29, 1.82) is 0 Å². The van der Waals surface area contributed by atoms with Gasteiger partial charge in [0.1, 0.15) is 5.76 Å². The van der Waals surface area contributed by atoms with E-state index in [0.717, 1.165) is 28.2 Å². The summed E-state index contributed by atoms with van der Waals surface area (Å²) in [5.74, 6) is 0.790. The van der Waals surface area contributed by atoms with E-state index in [-0.39, 0.29) is 5.91 Å². The second-order valence-corrected chi connectivity index (χ2v) is 7.35. The number of hydrogen-bond acceptors (Lipinski definition) is 4. The highest BCUT2D eigenvalue weighted by Gasteiger charge is 2.23. The molecular formula is C24H24N4O2. The molecule has 1 amide bonds. The van der Waals surface area contributed by atoms with Crippen molar-refractivity contribution < 1.29 is 9.21 Å². The Bertz CT molecular complexity index is 1180. The molecule has 0 saturated carbocycles. The van der Waals surface area contributed by atoms with Crippen LogP contribution >= 0.6 is 0 Å². The largest absolute Gasteiger partial charge is 0.441 e. The van der Waals surface area contributed by atoms with E-state index in [1.165, 1.54) is 0 Å². The molecule has 0 fully saturated rings. The Kier molecular flexibility index (Phi) is 5.23. The van der Waals surface area contributed by atoms with Gasteiger partial charge in [-0.05, 0) is 45.0 Å². The van der Waals surface area contributed by atoms with Gasteiger partial charge in [-0.3, -0.25) is 4.79 Å². The van der Waals surface area contributed by atoms with Gasteiger partial charge >= 0.3 is 0 Å². The van der Waals surface area contributed by atoms with Crippen molar-refractivity contribution in [3.63, 3.8) is 0 Å². The summed E-state index contributed by atoms with van der Waals surface area (Å²) < 4.78 is 7.67. The maximum Gasteiger partial charge on any atom is 0.276 e. The van der Waals surface area contributed by atoms with E-state index in [1.807, 2.05) is 79.2 Å². The molecule has 0 bridgehead atoms. The molecule has 0 saturated heterocycles. The van der Waals surface area contributed by atoms with Crippen LogP contribution in [0, 0.1) is 20.8 Å². The van der Waals surface area contributed by atoms with E-state index < -0.39 is 0 Å². The number of benzene rings is 2. The molecule has 6 nitrogen and oxygen atoms in total. The molecule has 2 heterocycles. The Labute approximate surface area is 175 Å². The number of amides is 1. The van der Waals surface area contributed by atoms with Crippen LogP contribution in [0.2, 0.25) is 0 Å². The Morgan fingerprint density at radius 1 is 1.00 bits per heavy atom. The van der Waals surface area contributed by atoms with Crippen LogP contribution in [0.15, 0.2) is 65.1 Å². The first kappa shape index (κ1) is 19.6. The van der Waals surface area contributed by atoms with Gasteiger partial charge in [0.15, 0.2) is 5.69 Å². The lowest BCUT2D eigenvalue weighted by Crippen LogP contribution is -2.27. The molecule has 4 aromatic rings. The van der Waals surface area contributed by atoms with Crippen molar-refractivity contribution in [3.8, 4) is 17.1 Å². The van der Waals surface area contributed by atoms with Crippen LogP contribution in [0.3, 0.4) is 0 Å². The molecule has 0 N–H and O–H groups in total. The van der Waals surface area contributed by atoms with E-state index >= 15 is 0 Å². The quantitative estimate of drug-likeness (QED) is 0.486. The zero-order valence-corrected chi connectivity index (χ0v) is 17.6. The standard InChI is InChI=1S/C24H24N4O2/c1-16-21(17(2)28(26-16)20-13-9-6-10-14-20)15-27(4)24(29)22-18(3)30-23(25-22)19-11-7-5-8-12-19/h5-14H,15H2,1-4H3. The first-order valence-corrected chi connectivity index (χ1v) is 9.84. The number of rotatable bonds is 5. The fraction of sp³-hybridized carbons (Fsp3) is 0.208. The zero-order chi connectivity index (χ0) is 21.3. The molecule has 0 aliphatic rings. The molecule has 30 heavy (non-hydrogen) atoms. The van der Waals surface area contributed by atoms with Crippen LogP contribution in [0.25, 0.3) is 17.1 Å². The fourth-order valence-corrected chi connectivity index (χ4v) is 3.51. The van der Waals surface area contributed by atoms with Gasteiger partial charge in [-0.25, -0.2) is 9.67 Å². The maximum absolute atomic E-state index is 13.1. The highest BCUT2D eigenvalue weighted by atomic mass is 16.4. The smallest absolute Gasteiger partial charge is 0.276 e. The molecular weight excluding hydrogens is 376 g/mol. The number of para-hydroxylation sites is 1. The summed E-state index contributed by atoms with van der Waals surface area (Å²) in [4.78, 5) is 19.2. The molecule has 6 heteroatoms. The first-order valence-electron chi connectivity index (χ1n) is 9.84. The molecule has 0 aliphatic carbocycles. The van der Waals surface area contributed by atoms with Gasteiger partial charge in [0.25, 0.3) is 5.91 Å². The highest BCUT2D eigenvalue weighted by molar-refractivity contribution is 5.93. The second kappa shape index (κ2) is 7.99. The van der Waals surface area contributed by atoms with Gasteiger partial charge < -0.3 is 9.32 Å². The number of hydrogen-bond donors (Lipinski definition) is 0. The normalized spacial score (nSPS) is 10.9. The molecule has 2 aromatic heterocycles. The molecule has 152 valence electrons. The van der Waals surface area contributed by atoms with Crippen LogP contribution in [0.5, 0.6) is 0 Å². The molecule has 0 unspecified atom stereocenters. The Morgan fingerprint density at radius 2 is 1.63 bits per heavy atom. The third-order valence-electron chi connectivity index (χ3n) is 5.20. The molecule has 0 atom stereocenters. The molecule has 0 radical (unpaired) electrons. The van der Waals surface area contributed by atoms with Crippen molar-refractivity contribution in [2.45, 2.75) is 27.3 Å². The van der Waals surface area contributed by atoms with Crippen LogP contribution in [0.1, 0.15) is 33.2 Å². The van der Waals surface area contributed by atoms with Gasteiger partial charge in [0.05, 0.1) is 11.4 Å². The summed E-state index contributed by atoms with van der Waals surface area (Å²) in [5.41, 5.74) is 5.12. The topological polar surface area (TPSA) is 64.2 Å². The number of carbonyl (C=O) groups is 1. The number of carbonyl (C=O) groups excluding carboxylic acids is 1. The Balaban J connectivity index is 1.58. The average molecular weight is 400 g/mol. The van der Waals surface area contributed by atoms with Crippen LogP contribution in [-0.2, 0) is 6.54 Å². The van der Waals surface area contributed by atoms with Gasteiger partial charge in [-0.2, -0.15) is 5.10 Å². The summed E-state index contributed by atoms with van der Waals surface area (Å²) in [6, 6.07) is 19.6. The third-order valence-corrected chi connectivity index (χ3v) is 5.20. The minimum atomic E-state index is -0.176. The van der Waals surface area contributed by atoms with E-state index in [1.54, 1.807) is 18.9 Å². The van der Waals surface area contributed by atoms with E-state index in [0.29, 0.717) is 23.9 Å². The van der Waals surface area contributed by atoms with Gasteiger partial charge in [-0.1, -0.05) is 36.4 Å². The lowest BCUT2D eigenvalue weighted by molar-refractivity contribution is 0.0778. The van der Waals surface area contributed by atoms with Gasteiger partial charge in [-0.15, -0.1) is 0 Å². The molecule has 2 aromatic carbocycles. The molecule has 0 spiro atoms. The predicted molar refractivity (Wildman–Crippen MR) is 116 cm³/mol. The summed E-state index contributed by atoms with van der Waals surface area (Å²) in [6.45, 7) is 6.20. The summed E-state index contributed by atoms with van der Waals surface area (Å²) in [5, 5.41) is 4.67. The summed E-state index contributed by atoms with van der Waals surface area (Å²) in [6.07, 6.45) is 0. The van der Waals surface area contributed by atoms with Crippen LogP contribution in [-0.4, -0.2) is 32.6 Å². The SMILES string of the molecule is Cc1nn(-c2ccccc2)c(C)c1CN(C)C(=O)c1nc(-c2ccccc2)oc1C. The second-order valence-electron chi connectivity index (χ2n) is 7.35. The first-order chi connectivity index (χ1) is 14.5. The minimum Gasteiger partial charge on any atom is -0.441 e. The minimum absolute atomic E-state index is 0.176. The number of nitrogens with zero attached hydrogens (tertiary/aromatic N) is 4. The van der Waals surface area contributed by atoms with Gasteiger partial charge in [0.2, 0.25) is 5.89 Å². The van der Waals surface area contributed by atoms with E-state index in [2.05, 4.69) is 10.1 Å². The predicted octanol–water partition coefficient (Wildman–Crippen LogP) is 4.72. The third kappa shape index (κ3) is 3.64. The van der Waals surface area contributed by atoms with Crippen molar-refractivity contribution in [3.05, 3.63) is 89.1 Å². The molecule has 4 rings (SSSR count). The van der Waals surface area contributed by atoms with E-state index in [4.69, 9.17) is 4.42 Å². The van der Waals surface area contributed by atoms with Crippen molar-refractivity contribution in [2.24, 2.45) is 0 Å².